The zero-order chi connectivity index (χ0) is 8.55. The molecule has 12 heavy (non-hydrogen) atoms. The van der Waals surface area contributed by atoms with Gasteiger partial charge in [0, 0.05) is 0 Å². The molecule has 0 saturated carbocycles. The third-order valence-electron chi connectivity index (χ3n) is 1.63. The van der Waals surface area contributed by atoms with Gasteiger partial charge in [0.25, 0.3) is 0 Å². The summed E-state index contributed by atoms with van der Waals surface area (Å²) in [7, 11) is 0. The van der Waals surface area contributed by atoms with Gasteiger partial charge >= 0.3 is 5.63 Å². The summed E-state index contributed by atoms with van der Waals surface area (Å²) in [5, 5.41) is 0. The van der Waals surface area contributed by atoms with Crippen molar-refractivity contribution in [3.63, 3.8) is 0 Å². The molecular weight excluding hydrogens is 154 g/mol. The lowest BCUT2D eigenvalue weighted by Gasteiger charge is -1.94. The minimum absolute atomic E-state index is 0.409. The molecule has 0 aliphatic heterocycles. The van der Waals surface area contributed by atoms with Crippen LogP contribution in [0.1, 0.15) is 5.56 Å². The highest BCUT2D eigenvalue weighted by Gasteiger charge is 1.96. The molecular formula is C9H7NO2. The van der Waals surface area contributed by atoms with Gasteiger partial charge in [0.1, 0.15) is 11.7 Å². The first-order chi connectivity index (χ1) is 5.75. The number of rotatable bonds is 0. The van der Waals surface area contributed by atoms with Crippen LogP contribution in [0.3, 0.4) is 0 Å². The van der Waals surface area contributed by atoms with E-state index in [2.05, 4.69) is 4.98 Å². The van der Waals surface area contributed by atoms with Crippen molar-refractivity contribution >= 4 is 11.1 Å². The van der Waals surface area contributed by atoms with Gasteiger partial charge in [-0.1, -0.05) is 6.07 Å². The van der Waals surface area contributed by atoms with E-state index in [0.717, 1.165) is 5.56 Å². The number of hydrogen-bond acceptors (Lipinski definition) is 3. The van der Waals surface area contributed by atoms with Crippen LogP contribution in [0.4, 0.5) is 0 Å². The number of fused-ring (bicyclic) bond motifs is 1. The zero-order valence-electron chi connectivity index (χ0n) is 6.57. The molecule has 0 radical (unpaired) electrons. The molecule has 0 fully saturated rings. The number of nitrogens with zero attached hydrogens (tertiary/aromatic N) is 1. The summed E-state index contributed by atoms with van der Waals surface area (Å²) in [6, 6.07) is 5.55. The Morgan fingerprint density at radius 1 is 1.42 bits per heavy atom. The van der Waals surface area contributed by atoms with Crippen LogP contribution in [0.15, 0.2) is 33.6 Å². The maximum absolute atomic E-state index is 10.8. The smallest absolute Gasteiger partial charge is 0.354 e. The summed E-state index contributed by atoms with van der Waals surface area (Å²) in [5.74, 6) is 0. The van der Waals surface area contributed by atoms with Gasteiger partial charge in [-0.2, -0.15) is 0 Å². The Hall–Kier alpha value is -1.64. The van der Waals surface area contributed by atoms with Crippen molar-refractivity contribution in [3.05, 3.63) is 40.4 Å². The fourth-order valence-corrected chi connectivity index (χ4v) is 1.07. The monoisotopic (exact) mass is 161 g/mol. The van der Waals surface area contributed by atoms with Gasteiger partial charge in [-0.15, -0.1) is 0 Å². The van der Waals surface area contributed by atoms with Crippen LogP contribution in [-0.2, 0) is 0 Å². The summed E-state index contributed by atoms with van der Waals surface area (Å²) < 4.78 is 4.92. The van der Waals surface area contributed by atoms with E-state index >= 15 is 0 Å². The molecule has 3 nitrogen and oxygen atoms in total. The van der Waals surface area contributed by atoms with Crippen LogP contribution in [-0.4, -0.2) is 4.98 Å². The molecule has 1 heterocycles. The molecule has 0 atom stereocenters. The van der Waals surface area contributed by atoms with E-state index in [9.17, 15) is 4.79 Å². The van der Waals surface area contributed by atoms with Crippen LogP contribution in [0, 0.1) is 6.92 Å². The predicted octanol–water partition coefficient (Wildman–Crippen LogP) is 1.50. The SMILES string of the molecule is Cc1ccc2ncc(=O)oc2c1. The normalized spacial score (nSPS) is 10.4. The molecule has 1 aromatic heterocycles. The Kier molecular flexibility index (Phi) is 1.43. The fraction of sp³-hybridized carbons (Fsp3) is 0.111. The van der Waals surface area contributed by atoms with Crippen molar-refractivity contribution < 1.29 is 4.42 Å². The Morgan fingerprint density at radius 2 is 2.25 bits per heavy atom. The first kappa shape index (κ1) is 7.03. The molecule has 0 N–H and O–H groups in total. The highest BCUT2D eigenvalue weighted by atomic mass is 16.4. The van der Waals surface area contributed by atoms with Crippen molar-refractivity contribution in [2.24, 2.45) is 0 Å². The predicted molar refractivity (Wildman–Crippen MR) is 45.0 cm³/mol. The molecule has 0 saturated heterocycles. The molecule has 1 aromatic carbocycles. The summed E-state index contributed by atoms with van der Waals surface area (Å²) in [6.45, 7) is 1.94. The molecule has 0 amide bonds. The summed E-state index contributed by atoms with van der Waals surface area (Å²) in [6.07, 6.45) is 1.18. The zero-order valence-corrected chi connectivity index (χ0v) is 6.57. The van der Waals surface area contributed by atoms with Gasteiger partial charge in [0.2, 0.25) is 0 Å². The molecule has 0 unspecified atom stereocenters. The second kappa shape index (κ2) is 2.44. The lowest BCUT2D eigenvalue weighted by atomic mass is 10.2. The molecule has 2 rings (SSSR count). The topological polar surface area (TPSA) is 43.1 Å². The van der Waals surface area contributed by atoms with E-state index in [1.54, 1.807) is 6.07 Å². The Balaban J connectivity index is 2.89. The van der Waals surface area contributed by atoms with Crippen molar-refractivity contribution in [1.29, 1.82) is 0 Å². The Bertz CT molecular complexity index is 473. The highest BCUT2D eigenvalue weighted by molar-refractivity contribution is 5.72. The number of benzene rings is 1. The van der Waals surface area contributed by atoms with Gasteiger partial charge in [0.15, 0.2) is 5.58 Å². The lowest BCUT2D eigenvalue weighted by molar-refractivity contribution is 0.554. The summed E-state index contributed by atoms with van der Waals surface area (Å²) in [5.41, 5.74) is 1.90. The van der Waals surface area contributed by atoms with Gasteiger partial charge in [-0.05, 0) is 24.6 Å². The number of aromatic nitrogens is 1. The van der Waals surface area contributed by atoms with E-state index in [1.165, 1.54) is 6.20 Å². The summed E-state index contributed by atoms with van der Waals surface area (Å²) >= 11 is 0. The van der Waals surface area contributed by atoms with E-state index in [-0.39, 0.29) is 0 Å². The van der Waals surface area contributed by atoms with Crippen molar-refractivity contribution in [3.8, 4) is 0 Å². The molecule has 0 bridgehead atoms. The van der Waals surface area contributed by atoms with E-state index in [0.29, 0.717) is 11.1 Å². The quantitative estimate of drug-likeness (QED) is 0.588. The molecule has 60 valence electrons. The highest BCUT2D eigenvalue weighted by Crippen LogP contribution is 2.10. The van der Waals surface area contributed by atoms with Crippen LogP contribution in [0.25, 0.3) is 11.1 Å². The van der Waals surface area contributed by atoms with Gasteiger partial charge in [-0.25, -0.2) is 9.78 Å². The van der Waals surface area contributed by atoms with Gasteiger partial charge < -0.3 is 4.42 Å². The fourth-order valence-electron chi connectivity index (χ4n) is 1.07. The van der Waals surface area contributed by atoms with E-state index < -0.39 is 5.63 Å². The van der Waals surface area contributed by atoms with Gasteiger partial charge in [-0.3, -0.25) is 0 Å². The van der Waals surface area contributed by atoms with Crippen molar-refractivity contribution in [2.45, 2.75) is 6.92 Å². The second-order valence-corrected chi connectivity index (χ2v) is 2.65. The third kappa shape index (κ3) is 1.09. The average molecular weight is 161 g/mol. The van der Waals surface area contributed by atoms with Crippen LogP contribution in [0.2, 0.25) is 0 Å². The molecule has 0 aliphatic rings. The van der Waals surface area contributed by atoms with E-state index in [4.69, 9.17) is 4.42 Å². The third-order valence-corrected chi connectivity index (χ3v) is 1.63. The average Bonchev–Trinajstić information content (AvgIpc) is 2.03. The Morgan fingerprint density at radius 3 is 3.08 bits per heavy atom. The first-order valence-electron chi connectivity index (χ1n) is 3.62. The molecule has 0 aliphatic carbocycles. The maximum Gasteiger partial charge on any atom is 0.354 e. The van der Waals surface area contributed by atoms with Crippen molar-refractivity contribution in [2.75, 3.05) is 0 Å². The van der Waals surface area contributed by atoms with Crippen molar-refractivity contribution in [1.82, 2.24) is 4.98 Å². The summed E-state index contributed by atoms with van der Waals surface area (Å²) in [4.78, 5) is 14.7. The molecule has 0 spiro atoms. The van der Waals surface area contributed by atoms with E-state index in [1.807, 2.05) is 19.1 Å². The second-order valence-electron chi connectivity index (χ2n) is 2.65. The Labute approximate surface area is 68.7 Å². The minimum atomic E-state index is -0.409. The standard InChI is InChI=1S/C9H7NO2/c1-6-2-3-7-8(4-6)12-9(11)5-10-7/h2-5H,1H3. The minimum Gasteiger partial charge on any atom is -0.420 e. The lowest BCUT2D eigenvalue weighted by Crippen LogP contribution is -1.97. The number of hydrogen-bond donors (Lipinski definition) is 0. The van der Waals surface area contributed by atoms with Gasteiger partial charge in [0.05, 0.1) is 0 Å². The molecule has 2 aromatic rings. The van der Waals surface area contributed by atoms with Crippen LogP contribution < -0.4 is 5.63 Å². The number of aryl methyl sites for hydroxylation is 1. The van der Waals surface area contributed by atoms with Crippen LogP contribution in [0.5, 0.6) is 0 Å². The molecule has 3 heteroatoms. The largest absolute Gasteiger partial charge is 0.420 e. The van der Waals surface area contributed by atoms with Crippen LogP contribution >= 0.6 is 0 Å². The maximum atomic E-state index is 10.8. The first-order valence-corrected chi connectivity index (χ1v) is 3.62.